The van der Waals surface area contributed by atoms with Crippen molar-refractivity contribution in [3.05, 3.63) is 0 Å². The van der Waals surface area contributed by atoms with E-state index in [-0.39, 0.29) is 0 Å². The smallest absolute Gasteiger partial charge is 0.00793 e. The second-order valence-corrected chi connectivity index (χ2v) is 7.33. The minimum Gasteiger partial charge on any atom is -0.314 e. The third-order valence-corrected chi connectivity index (χ3v) is 5.17. The van der Waals surface area contributed by atoms with Gasteiger partial charge in [0.05, 0.1) is 0 Å². The maximum Gasteiger partial charge on any atom is 0.00793 e. The molecule has 0 amide bonds. The SMILES string of the molecule is CC(CNC(C)C1CCCN(C)C1)CN1CCCCC1. The Hall–Kier alpha value is -0.120. The first kappa shape index (κ1) is 16.3. The molecule has 20 heavy (non-hydrogen) atoms. The fourth-order valence-corrected chi connectivity index (χ4v) is 3.82. The van der Waals surface area contributed by atoms with E-state index in [0.717, 1.165) is 11.8 Å². The Bertz CT molecular complexity index is 263. The quantitative estimate of drug-likeness (QED) is 0.807. The lowest BCUT2D eigenvalue weighted by atomic mass is 9.91. The highest BCUT2D eigenvalue weighted by Crippen LogP contribution is 2.18. The molecule has 2 rings (SSSR count). The molecule has 3 heteroatoms. The molecule has 0 spiro atoms. The Morgan fingerprint density at radius 3 is 2.50 bits per heavy atom. The molecule has 1 N–H and O–H groups in total. The predicted molar refractivity (Wildman–Crippen MR) is 87.1 cm³/mol. The van der Waals surface area contributed by atoms with Crippen molar-refractivity contribution < 1.29 is 0 Å². The van der Waals surface area contributed by atoms with Crippen LogP contribution in [0.4, 0.5) is 0 Å². The Labute approximate surface area is 126 Å². The summed E-state index contributed by atoms with van der Waals surface area (Å²) in [6.45, 7) is 12.5. The molecule has 2 aliphatic rings. The van der Waals surface area contributed by atoms with Crippen molar-refractivity contribution in [3.8, 4) is 0 Å². The molecular formula is C17H35N3. The van der Waals surface area contributed by atoms with Crippen LogP contribution in [0.2, 0.25) is 0 Å². The normalized spacial score (nSPS) is 29.2. The van der Waals surface area contributed by atoms with Gasteiger partial charge in [-0.3, -0.25) is 0 Å². The highest BCUT2D eigenvalue weighted by atomic mass is 15.1. The highest BCUT2D eigenvalue weighted by Gasteiger charge is 2.23. The highest BCUT2D eigenvalue weighted by molar-refractivity contribution is 4.80. The number of rotatable bonds is 6. The summed E-state index contributed by atoms with van der Waals surface area (Å²) in [5, 5.41) is 3.81. The van der Waals surface area contributed by atoms with Gasteiger partial charge in [-0.05, 0) is 77.7 Å². The summed E-state index contributed by atoms with van der Waals surface area (Å²) in [5.74, 6) is 1.62. The molecule has 0 saturated carbocycles. The second-order valence-electron chi connectivity index (χ2n) is 7.33. The van der Waals surface area contributed by atoms with Gasteiger partial charge in [-0.15, -0.1) is 0 Å². The Morgan fingerprint density at radius 1 is 1.05 bits per heavy atom. The Balaban J connectivity index is 1.62. The first-order valence-corrected chi connectivity index (χ1v) is 8.79. The molecule has 118 valence electrons. The third kappa shape index (κ3) is 5.34. The van der Waals surface area contributed by atoms with E-state index in [1.807, 2.05) is 0 Å². The molecule has 3 unspecified atom stereocenters. The van der Waals surface area contributed by atoms with E-state index in [2.05, 4.69) is 36.0 Å². The maximum absolute atomic E-state index is 3.81. The monoisotopic (exact) mass is 281 g/mol. The molecule has 3 atom stereocenters. The first-order chi connectivity index (χ1) is 9.65. The zero-order chi connectivity index (χ0) is 14.4. The summed E-state index contributed by atoms with van der Waals surface area (Å²) in [6, 6.07) is 0.668. The van der Waals surface area contributed by atoms with Gasteiger partial charge in [-0.2, -0.15) is 0 Å². The average molecular weight is 281 g/mol. The van der Waals surface area contributed by atoms with E-state index in [9.17, 15) is 0 Å². The minimum absolute atomic E-state index is 0.668. The number of hydrogen-bond acceptors (Lipinski definition) is 3. The lowest BCUT2D eigenvalue weighted by Crippen LogP contribution is -2.45. The van der Waals surface area contributed by atoms with Crippen LogP contribution in [0, 0.1) is 11.8 Å². The predicted octanol–water partition coefficient (Wildman–Crippen LogP) is 2.43. The standard InChI is InChI=1S/C17H35N3/c1-15(13-20-10-5-4-6-11-20)12-18-16(2)17-8-7-9-19(3)14-17/h15-18H,4-14H2,1-3H3. The summed E-state index contributed by atoms with van der Waals surface area (Å²) in [6.07, 6.45) is 7.03. The van der Waals surface area contributed by atoms with Crippen molar-refractivity contribution in [3.63, 3.8) is 0 Å². The molecule has 2 heterocycles. The van der Waals surface area contributed by atoms with Crippen molar-refractivity contribution in [2.24, 2.45) is 11.8 Å². The first-order valence-electron chi connectivity index (χ1n) is 8.79. The van der Waals surface area contributed by atoms with Crippen LogP contribution < -0.4 is 5.32 Å². The fraction of sp³-hybridized carbons (Fsp3) is 1.00. The molecule has 0 radical (unpaired) electrons. The van der Waals surface area contributed by atoms with E-state index < -0.39 is 0 Å². The molecule has 2 aliphatic heterocycles. The van der Waals surface area contributed by atoms with Crippen LogP contribution in [-0.2, 0) is 0 Å². The van der Waals surface area contributed by atoms with Crippen LogP contribution in [0.5, 0.6) is 0 Å². The molecule has 0 aromatic heterocycles. The number of nitrogens with zero attached hydrogens (tertiary/aromatic N) is 2. The molecule has 3 nitrogen and oxygen atoms in total. The van der Waals surface area contributed by atoms with E-state index in [4.69, 9.17) is 0 Å². The van der Waals surface area contributed by atoms with Crippen LogP contribution in [0.25, 0.3) is 0 Å². The van der Waals surface area contributed by atoms with Gasteiger partial charge in [0.15, 0.2) is 0 Å². The van der Waals surface area contributed by atoms with Crippen molar-refractivity contribution in [1.29, 1.82) is 0 Å². The summed E-state index contributed by atoms with van der Waals surface area (Å²) < 4.78 is 0. The Morgan fingerprint density at radius 2 is 1.80 bits per heavy atom. The van der Waals surface area contributed by atoms with Gasteiger partial charge < -0.3 is 15.1 Å². The zero-order valence-electron chi connectivity index (χ0n) is 13.9. The summed E-state index contributed by atoms with van der Waals surface area (Å²) in [5.41, 5.74) is 0. The van der Waals surface area contributed by atoms with Crippen molar-refractivity contribution in [1.82, 2.24) is 15.1 Å². The van der Waals surface area contributed by atoms with Gasteiger partial charge in [0.25, 0.3) is 0 Å². The average Bonchev–Trinajstić information content (AvgIpc) is 2.46. The van der Waals surface area contributed by atoms with Gasteiger partial charge in [0.2, 0.25) is 0 Å². The van der Waals surface area contributed by atoms with Gasteiger partial charge in [-0.25, -0.2) is 0 Å². The van der Waals surface area contributed by atoms with E-state index in [1.54, 1.807) is 0 Å². The molecule has 0 aliphatic carbocycles. The summed E-state index contributed by atoms with van der Waals surface area (Å²) in [4.78, 5) is 5.15. The van der Waals surface area contributed by atoms with E-state index >= 15 is 0 Å². The second kappa shape index (κ2) is 8.35. The summed E-state index contributed by atoms with van der Waals surface area (Å²) in [7, 11) is 2.26. The lowest BCUT2D eigenvalue weighted by molar-refractivity contribution is 0.168. The van der Waals surface area contributed by atoms with Crippen LogP contribution in [0.15, 0.2) is 0 Å². The topological polar surface area (TPSA) is 18.5 Å². The van der Waals surface area contributed by atoms with Gasteiger partial charge >= 0.3 is 0 Å². The van der Waals surface area contributed by atoms with Crippen molar-refractivity contribution >= 4 is 0 Å². The van der Waals surface area contributed by atoms with Gasteiger partial charge in [-0.1, -0.05) is 13.3 Å². The maximum atomic E-state index is 3.81. The number of nitrogens with one attached hydrogen (secondary N) is 1. The molecular weight excluding hydrogens is 246 g/mol. The third-order valence-electron chi connectivity index (χ3n) is 5.17. The van der Waals surface area contributed by atoms with Crippen molar-refractivity contribution in [2.45, 2.75) is 52.0 Å². The molecule has 2 fully saturated rings. The zero-order valence-corrected chi connectivity index (χ0v) is 13.9. The number of likely N-dealkylation sites (tertiary alicyclic amines) is 2. The van der Waals surface area contributed by atoms with Crippen molar-refractivity contribution in [2.75, 3.05) is 46.3 Å². The number of hydrogen-bond donors (Lipinski definition) is 1. The van der Waals surface area contributed by atoms with Crippen LogP contribution in [-0.4, -0.2) is 62.2 Å². The molecule has 0 aromatic carbocycles. The largest absolute Gasteiger partial charge is 0.314 e. The van der Waals surface area contributed by atoms with Gasteiger partial charge in [0, 0.05) is 19.1 Å². The molecule has 2 saturated heterocycles. The Kier molecular flexibility index (Phi) is 6.79. The lowest BCUT2D eigenvalue weighted by Gasteiger charge is -2.35. The minimum atomic E-state index is 0.668. The van der Waals surface area contributed by atoms with E-state index in [1.165, 1.54) is 71.4 Å². The number of piperidine rings is 2. The summed E-state index contributed by atoms with van der Waals surface area (Å²) >= 11 is 0. The van der Waals surface area contributed by atoms with E-state index in [0.29, 0.717) is 6.04 Å². The van der Waals surface area contributed by atoms with Crippen LogP contribution >= 0.6 is 0 Å². The van der Waals surface area contributed by atoms with Crippen LogP contribution in [0.3, 0.4) is 0 Å². The molecule has 0 bridgehead atoms. The fourth-order valence-electron chi connectivity index (χ4n) is 3.82. The van der Waals surface area contributed by atoms with Crippen LogP contribution in [0.1, 0.15) is 46.0 Å². The van der Waals surface area contributed by atoms with Gasteiger partial charge in [0.1, 0.15) is 0 Å². The molecule has 0 aromatic rings.